The third kappa shape index (κ3) is 1.98. The Labute approximate surface area is 81.9 Å². The number of hydrogen-bond acceptors (Lipinski definition) is 5. The SMILES string of the molecule is CC(=O)Cc1noc(C2CCCN2)n1. The van der Waals surface area contributed by atoms with Crippen molar-refractivity contribution < 1.29 is 9.32 Å². The number of hydrogen-bond donors (Lipinski definition) is 1. The first-order valence-corrected chi connectivity index (χ1v) is 4.81. The number of Topliss-reactive ketones (excluding diaryl/α,β-unsaturated/α-hetero) is 1. The second-order valence-corrected chi connectivity index (χ2v) is 3.58. The lowest BCUT2D eigenvalue weighted by Gasteiger charge is -2.01. The van der Waals surface area contributed by atoms with Crippen LogP contribution in [0.3, 0.4) is 0 Å². The molecule has 1 aliphatic heterocycles. The van der Waals surface area contributed by atoms with Crippen molar-refractivity contribution in [3.8, 4) is 0 Å². The van der Waals surface area contributed by atoms with E-state index in [4.69, 9.17) is 4.52 Å². The summed E-state index contributed by atoms with van der Waals surface area (Å²) in [6, 6.07) is 0.184. The van der Waals surface area contributed by atoms with Crippen LogP contribution in [-0.4, -0.2) is 22.5 Å². The largest absolute Gasteiger partial charge is 0.338 e. The normalized spacial score (nSPS) is 21.4. The number of ketones is 1. The Morgan fingerprint density at radius 3 is 3.21 bits per heavy atom. The molecule has 1 unspecified atom stereocenters. The van der Waals surface area contributed by atoms with Crippen molar-refractivity contribution in [2.45, 2.75) is 32.2 Å². The molecule has 1 aromatic heterocycles. The van der Waals surface area contributed by atoms with Gasteiger partial charge in [-0.05, 0) is 26.3 Å². The highest BCUT2D eigenvalue weighted by atomic mass is 16.5. The molecule has 5 heteroatoms. The van der Waals surface area contributed by atoms with Crippen LogP contribution >= 0.6 is 0 Å². The fourth-order valence-electron chi connectivity index (χ4n) is 1.60. The Morgan fingerprint density at radius 1 is 1.71 bits per heavy atom. The molecule has 1 N–H and O–H groups in total. The predicted octanol–water partition coefficient (Wildman–Crippen LogP) is 0.626. The second kappa shape index (κ2) is 3.88. The van der Waals surface area contributed by atoms with E-state index in [9.17, 15) is 4.79 Å². The number of carbonyl (C=O) groups excluding carboxylic acids is 1. The van der Waals surface area contributed by atoms with Gasteiger partial charge in [-0.3, -0.25) is 4.79 Å². The van der Waals surface area contributed by atoms with E-state index in [0.29, 0.717) is 11.7 Å². The van der Waals surface area contributed by atoms with Crippen LogP contribution in [0.5, 0.6) is 0 Å². The van der Waals surface area contributed by atoms with Crippen LogP contribution in [0.15, 0.2) is 4.52 Å². The van der Waals surface area contributed by atoms with Gasteiger partial charge in [0.1, 0.15) is 5.78 Å². The summed E-state index contributed by atoms with van der Waals surface area (Å²) in [7, 11) is 0. The summed E-state index contributed by atoms with van der Waals surface area (Å²) >= 11 is 0. The molecule has 14 heavy (non-hydrogen) atoms. The van der Waals surface area contributed by atoms with Crippen molar-refractivity contribution in [2.24, 2.45) is 0 Å². The van der Waals surface area contributed by atoms with Gasteiger partial charge in [0.05, 0.1) is 12.5 Å². The van der Waals surface area contributed by atoms with E-state index in [-0.39, 0.29) is 18.2 Å². The molecule has 1 aliphatic rings. The number of carbonyl (C=O) groups is 1. The van der Waals surface area contributed by atoms with Crippen molar-refractivity contribution >= 4 is 5.78 Å². The van der Waals surface area contributed by atoms with Gasteiger partial charge in [-0.15, -0.1) is 0 Å². The van der Waals surface area contributed by atoms with E-state index in [2.05, 4.69) is 15.5 Å². The first kappa shape index (κ1) is 9.33. The van der Waals surface area contributed by atoms with Crippen LogP contribution in [0.25, 0.3) is 0 Å². The number of nitrogens with one attached hydrogen (secondary N) is 1. The van der Waals surface area contributed by atoms with Crippen molar-refractivity contribution in [1.82, 2.24) is 15.5 Å². The van der Waals surface area contributed by atoms with Gasteiger partial charge in [-0.25, -0.2) is 0 Å². The van der Waals surface area contributed by atoms with Gasteiger partial charge in [-0.1, -0.05) is 5.16 Å². The van der Waals surface area contributed by atoms with Crippen LogP contribution in [0.4, 0.5) is 0 Å². The molecule has 0 saturated carbocycles. The zero-order valence-electron chi connectivity index (χ0n) is 8.12. The van der Waals surface area contributed by atoms with Gasteiger partial charge in [0.15, 0.2) is 5.82 Å². The molecule has 1 fully saturated rings. The Bertz CT molecular complexity index is 329. The molecule has 0 radical (unpaired) electrons. The van der Waals surface area contributed by atoms with E-state index in [1.165, 1.54) is 6.92 Å². The lowest BCUT2D eigenvalue weighted by Crippen LogP contribution is -2.13. The monoisotopic (exact) mass is 195 g/mol. The molecular formula is C9H13N3O2. The van der Waals surface area contributed by atoms with E-state index < -0.39 is 0 Å². The van der Waals surface area contributed by atoms with Crippen molar-refractivity contribution in [1.29, 1.82) is 0 Å². The van der Waals surface area contributed by atoms with Crippen LogP contribution in [0.1, 0.15) is 37.5 Å². The van der Waals surface area contributed by atoms with Crippen LogP contribution in [0, 0.1) is 0 Å². The summed E-state index contributed by atoms with van der Waals surface area (Å²) in [6.07, 6.45) is 2.42. The van der Waals surface area contributed by atoms with Gasteiger partial charge in [-0.2, -0.15) is 4.98 Å². The number of aromatic nitrogens is 2. The topological polar surface area (TPSA) is 68.0 Å². The molecule has 1 atom stereocenters. The van der Waals surface area contributed by atoms with Crippen LogP contribution in [0.2, 0.25) is 0 Å². The van der Waals surface area contributed by atoms with Gasteiger partial charge < -0.3 is 9.84 Å². The molecule has 1 aromatic rings. The average molecular weight is 195 g/mol. The fourth-order valence-corrected chi connectivity index (χ4v) is 1.60. The Balaban J connectivity index is 2.05. The first-order valence-electron chi connectivity index (χ1n) is 4.81. The zero-order valence-corrected chi connectivity index (χ0v) is 8.12. The summed E-state index contributed by atoms with van der Waals surface area (Å²) in [5.74, 6) is 1.15. The molecule has 2 rings (SSSR count). The molecule has 0 bridgehead atoms. The summed E-state index contributed by atoms with van der Waals surface area (Å²) < 4.78 is 5.07. The van der Waals surface area contributed by atoms with Crippen molar-refractivity contribution in [2.75, 3.05) is 6.54 Å². The lowest BCUT2D eigenvalue weighted by atomic mass is 10.2. The van der Waals surface area contributed by atoms with Gasteiger partial charge in [0.2, 0.25) is 5.89 Å². The maximum atomic E-state index is 10.8. The molecule has 2 heterocycles. The zero-order chi connectivity index (χ0) is 9.97. The molecule has 0 spiro atoms. The molecule has 76 valence electrons. The summed E-state index contributed by atoms with van der Waals surface area (Å²) in [6.45, 7) is 2.51. The van der Waals surface area contributed by atoms with Crippen molar-refractivity contribution in [3.63, 3.8) is 0 Å². The van der Waals surface area contributed by atoms with Gasteiger partial charge >= 0.3 is 0 Å². The minimum absolute atomic E-state index is 0.0525. The molecule has 1 saturated heterocycles. The maximum Gasteiger partial charge on any atom is 0.243 e. The van der Waals surface area contributed by atoms with E-state index in [1.807, 2.05) is 0 Å². The fraction of sp³-hybridized carbons (Fsp3) is 0.667. The Morgan fingerprint density at radius 2 is 2.57 bits per heavy atom. The second-order valence-electron chi connectivity index (χ2n) is 3.58. The standard InChI is InChI=1S/C9H13N3O2/c1-6(13)5-8-11-9(14-12-8)7-3-2-4-10-7/h7,10H,2-5H2,1H3. The van der Waals surface area contributed by atoms with Crippen LogP contribution < -0.4 is 5.32 Å². The highest BCUT2D eigenvalue weighted by molar-refractivity contribution is 5.77. The predicted molar refractivity (Wildman–Crippen MR) is 48.7 cm³/mol. The average Bonchev–Trinajstić information content (AvgIpc) is 2.69. The third-order valence-electron chi connectivity index (χ3n) is 2.25. The van der Waals surface area contributed by atoms with E-state index in [0.717, 1.165) is 19.4 Å². The quantitative estimate of drug-likeness (QED) is 0.766. The van der Waals surface area contributed by atoms with Crippen LogP contribution in [-0.2, 0) is 11.2 Å². The summed E-state index contributed by atoms with van der Waals surface area (Å²) in [5.41, 5.74) is 0. The molecule has 0 amide bonds. The van der Waals surface area contributed by atoms with Gasteiger partial charge in [0.25, 0.3) is 0 Å². The molecule has 5 nitrogen and oxygen atoms in total. The Kier molecular flexibility index (Phi) is 2.58. The smallest absolute Gasteiger partial charge is 0.243 e. The minimum atomic E-state index is 0.0525. The molecule has 0 aromatic carbocycles. The minimum Gasteiger partial charge on any atom is -0.338 e. The Hall–Kier alpha value is -1.23. The number of nitrogens with zero attached hydrogens (tertiary/aromatic N) is 2. The maximum absolute atomic E-state index is 10.8. The lowest BCUT2D eigenvalue weighted by molar-refractivity contribution is -0.116. The molecular weight excluding hydrogens is 182 g/mol. The van der Waals surface area contributed by atoms with E-state index in [1.54, 1.807) is 0 Å². The third-order valence-corrected chi connectivity index (χ3v) is 2.25. The first-order chi connectivity index (χ1) is 6.75. The molecule has 0 aliphatic carbocycles. The highest BCUT2D eigenvalue weighted by Crippen LogP contribution is 2.20. The number of rotatable bonds is 3. The van der Waals surface area contributed by atoms with Crippen molar-refractivity contribution in [3.05, 3.63) is 11.7 Å². The summed E-state index contributed by atoms with van der Waals surface area (Å²) in [5, 5.41) is 7.01. The van der Waals surface area contributed by atoms with Gasteiger partial charge in [0, 0.05) is 0 Å². The summed E-state index contributed by atoms with van der Waals surface area (Å²) in [4.78, 5) is 15.0. The highest BCUT2D eigenvalue weighted by Gasteiger charge is 2.22. The van der Waals surface area contributed by atoms with E-state index >= 15 is 0 Å².